The minimum absolute atomic E-state index is 0.0169. The Kier molecular flexibility index (Phi) is 9.55. The molecule has 0 bridgehead atoms. The van der Waals surface area contributed by atoms with Crippen LogP contribution in [0.4, 0.5) is 9.59 Å². The van der Waals surface area contributed by atoms with Crippen LogP contribution < -0.4 is 15.4 Å². The van der Waals surface area contributed by atoms with Crippen LogP contribution in [0.3, 0.4) is 0 Å². The predicted octanol–water partition coefficient (Wildman–Crippen LogP) is 4.20. The molecule has 0 saturated carbocycles. The normalized spacial score (nSPS) is 20.5. The van der Waals surface area contributed by atoms with Gasteiger partial charge in [-0.2, -0.15) is 0 Å². The molecule has 3 aliphatic rings. The third-order valence-electron chi connectivity index (χ3n) is 7.83. The van der Waals surface area contributed by atoms with Crippen LogP contribution in [0.2, 0.25) is 0 Å². The summed E-state index contributed by atoms with van der Waals surface area (Å²) in [5.74, 6) is 0.599. The number of fused-ring (bicyclic) bond motifs is 1. The molecule has 43 heavy (non-hydrogen) atoms. The van der Waals surface area contributed by atoms with E-state index >= 15 is 0 Å². The minimum atomic E-state index is -0.542. The number of alkyl carbamates (subject to hydrolysis) is 1. The lowest BCUT2D eigenvalue weighted by Gasteiger charge is -2.43. The van der Waals surface area contributed by atoms with Crippen molar-refractivity contribution in [2.45, 2.75) is 57.8 Å². The Balaban J connectivity index is 1.21. The monoisotopic (exact) mass is 590 g/mol. The van der Waals surface area contributed by atoms with Crippen molar-refractivity contribution in [1.82, 2.24) is 20.4 Å². The lowest BCUT2D eigenvalue weighted by Crippen LogP contribution is -2.62. The molecule has 0 spiro atoms. The van der Waals surface area contributed by atoms with E-state index in [9.17, 15) is 14.4 Å². The van der Waals surface area contributed by atoms with E-state index in [2.05, 4.69) is 34.9 Å². The van der Waals surface area contributed by atoms with Crippen LogP contribution in [0.1, 0.15) is 51.2 Å². The first kappa shape index (κ1) is 30.4. The van der Waals surface area contributed by atoms with E-state index in [0.717, 1.165) is 36.1 Å². The number of benzene rings is 2. The van der Waals surface area contributed by atoms with Gasteiger partial charge in [-0.1, -0.05) is 48.0 Å². The first-order chi connectivity index (χ1) is 20.7. The first-order valence-electron chi connectivity index (χ1n) is 15.1. The fourth-order valence-corrected chi connectivity index (χ4v) is 5.83. The third-order valence-corrected chi connectivity index (χ3v) is 7.83. The highest BCUT2D eigenvalue weighted by molar-refractivity contribution is 5.83. The lowest BCUT2D eigenvalue weighted by atomic mass is 9.88. The van der Waals surface area contributed by atoms with Gasteiger partial charge >= 0.3 is 12.1 Å². The molecule has 2 aromatic rings. The maximum atomic E-state index is 13.4. The van der Waals surface area contributed by atoms with Gasteiger partial charge in [0.15, 0.2) is 0 Å². The maximum Gasteiger partial charge on any atom is 0.407 e. The quantitative estimate of drug-likeness (QED) is 0.489. The maximum absolute atomic E-state index is 13.4. The molecule has 0 aromatic heterocycles. The first-order valence-corrected chi connectivity index (χ1v) is 15.1. The fraction of sp³-hybridized carbons (Fsp3) is 0.485. The van der Waals surface area contributed by atoms with Gasteiger partial charge in [-0.15, -0.1) is 0 Å². The molecule has 3 saturated heterocycles. The van der Waals surface area contributed by atoms with E-state index in [1.807, 2.05) is 60.9 Å². The van der Waals surface area contributed by atoms with Crippen LogP contribution >= 0.6 is 0 Å². The fourth-order valence-electron chi connectivity index (χ4n) is 5.83. The number of morpholine rings is 1. The number of likely N-dealkylation sites (tertiary alicyclic amines) is 2. The van der Waals surface area contributed by atoms with E-state index in [4.69, 9.17) is 14.2 Å². The molecule has 2 N–H and O–H groups in total. The highest BCUT2D eigenvalue weighted by Gasteiger charge is 2.37. The number of carbonyl (C=O) groups is 3. The van der Waals surface area contributed by atoms with Gasteiger partial charge in [-0.05, 0) is 68.9 Å². The van der Waals surface area contributed by atoms with Crippen LogP contribution in [-0.4, -0.2) is 91.5 Å². The summed E-state index contributed by atoms with van der Waals surface area (Å²) in [6.45, 7) is 8.64. The highest BCUT2D eigenvalue weighted by atomic mass is 16.6. The van der Waals surface area contributed by atoms with E-state index < -0.39 is 11.7 Å². The summed E-state index contributed by atoms with van der Waals surface area (Å²) >= 11 is 0. The summed E-state index contributed by atoms with van der Waals surface area (Å²) < 4.78 is 16.7. The number of piperidine rings is 2. The van der Waals surface area contributed by atoms with E-state index in [-0.39, 0.29) is 30.7 Å². The number of rotatable bonds is 6. The number of ether oxygens (including phenoxy) is 3. The van der Waals surface area contributed by atoms with Gasteiger partial charge in [0.1, 0.15) is 24.6 Å². The number of nitrogens with one attached hydrogen (secondary N) is 2. The molecule has 2 aromatic carbocycles. The summed E-state index contributed by atoms with van der Waals surface area (Å²) in [5, 5.41) is 5.68. The molecule has 10 heteroatoms. The van der Waals surface area contributed by atoms with Gasteiger partial charge in [0.25, 0.3) is 0 Å². The van der Waals surface area contributed by atoms with Gasteiger partial charge in [-0.25, -0.2) is 9.59 Å². The smallest absolute Gasteiger partial charge is 0.407 e. The molecule has 3 aliphatic heterocycles. The van der Waals surface area contributed by atoms with Crippen LogP contribution in [0, 0.1) is 0 Å². The Hall–Kier alpha value is -4.05. The number of amides is 4. The van der Waals surface area contributed by atoms with E-state index in [1.165, 1.54) is 11.1 Å². The van der Waals surface area contributed by atoms with Gasteiger partial charge in [0.05, 0.1) is 18.7 Å². The number of hydrogen-bond acceptors (Lipinski definition) is 6. The van der Waals surface area contributed by atoms with Crippen LogP contribution in [0.15, 0.2) is 60.2 Å². The molecule has 10 nitrogen and oxygen atoms in total. The second-order valence-electron chi connectivity index (χ2n) is 12.2. The summed E-state index contributed by atoms with van der Waals surface area (Å²) in [4.78, 5) is 40.8. The summed E-state index contributed by atoms with van der Waals surface area (Å²) in [6, 6.07) is 18.3. The molecule has 230 valence electrons. The Morgan fingerprint density at radius 2 is 1.67 bits per heavy atom. The SMILES string of the molecule is CC(C)(C)OC(=O)NCCOc1ccc(C(=C2CCN(C(=O)N3CC[C@@H]4OCC(=O)N[C@@H]4C3)CC2)c2ccccc2)cc1. The summed E-state index contributed by atoms with van der Waals surface area (Å²) in [5.41, 5.74) is 4.20. The van der Waals surface area contributed by atoms with Crippen LogP contribution in [-0.2, 0) is 14.3 Å². The molecule has 2 atom stereocenters. The zero-order chi connectivity index (χ0) is 30.4. The van der Waals surface area contributed by atoms with Crippen molar-refractivity contribution in [2.75, 3.05) is 45.9 Å². The lowest BCUT2D eigenvalue weighted by molar-refractivity contribution is -0.139. The summed E-state index contributed by atoms with van der Waals surface area (Å²) in [6.07, 6.45) is 1.81. The number of hydrogen-bond donors (Lipinski definition) is 2. The van der Waals surface area contributed by atoms with Crippen molar-refractivity contribution in [3.05, 3.63) is 71.3 Å². The number of urea groups is 1. The predicted molar refractivity (Wildman–Crippen MR) is 163 cm³/mol. The Bertz CT molecular complexity index is 1310. The Morgan fingerprint density at radius 3 is 2.37 bits per heavy atom. The largest absolute Gasteiger partial charge is 0.492 e. The van der Waals surface area contributed by atoms with Crippen LogP contribution in [0.5, 0.6) is 5.75 Å². The van der Waals surface area contributed by atoms with Crippen molar-refractivity contribution in [3.63, 3.8) is 0 Å². The average Bonchev–Trinajstić information content (AvgIpc) is 2.99. The molecule has 0 unspecified atom stereocenters. The third kappa shape index (κ3) is 8.07. The Labute approximate surface area is 253 Å². The van der Waals surface area contributed by atoms with Gasteiger partial charge in [0, 0.05) is 26.2 Å². The molecule has 0 aliphatic carbocycles. The van der Waals surface area contributed by atoms with E-state index in [0.29, 0.717) is 39.3 Å². The zero-order valence-electron chi connectivity index (χ0n) is 25.3. The molecule has 5 rings (SSSR count). The van der Waals surface area contributed by atoms with Crippen molar-refractivity contribution >= 4 is 23.6 Å². The van der Waals surface area contributed by atoms with Crippen molar-refractivity contribution in [2.24, 2.45) is 0 Å². The number of nitrogens with zero attached hydrogens (tertiary/aromatic N) is 2. The molecular weight excluding hydrogens is 548 g/mol. The minimum Gasteiger partial charge on any atom is -0.492 e. The molecule has 3 fully saturated rings. The standard InChI is InChI=1S/C33H42N4O6/c1-33(2,3)43-31(39)34-16-20-41-26-11-9-24(10-12-26)30(23-7-5-4-6-8-23)25-13-17-36(18-14-25)32(40)37-19-15-28-27(21-37)35-29(38)22-42-28/h4-12,27-28H,13-22H2,1-3H3,(H,34,39)(H,35,38)/t27-,28+/m1/s1. The van der Waals surface area contributed by atoms with E-state index in [1.54, 1.807) is 0 Å². The topological polar surface area (TPSA) is 109 Å². The second kappa shape index (κ2) is 13.5. The summed E-state index contributed by atoms with van der Waals surface area (Å²) in [7, 11) is 0. The molecular formula is C33H42N4O6. The van der Waals surface area contributed by atoms with Gasteiger partial charge in [0.2, 0.25) is 5.91 Å². The van der Waals surface area contributed by atoms with Gasteiger partial charge < -0.3 is 34.6 Å². The zero-order valence-corrected chi connectivity index (χ0v) is 25.3. The second-order valence-corrected chi connectivity index (χ2v) is 12.2. The van der Waals surface area contributed by atoms with Gasteiger partial charge in [-0.3, -0.25) is 4.79 Å². The highest BCUT2D eigenvalue weighted by Crippen LogP contribution is 2.33. The average molecular weight is 591 g/mol. The molecule has 3 heterocycles. The van der Waals surface area contributed by atoms with Crippen molar-refractivity contribution in [1.29, 1.82) is 0 Å². The molecule has 0 radical (unpaired) electrons. The molecule has 4 amide bonds. The number of carbonyl (C=O) groups excluding carboxylic acids is 3. The van der Waals surface area contributed by atoms with Crippen LogP contribution in [0.25, 0.3) is 5.57 Å². The Morgan fingerprint density at radius 1 is 0.977 bits per heavy atom. The van der Waals surface area contributed by atoms with Crippen molar-refractivity contribution < 1.29 is 28.6 Å². The van der Waals surface area contributed by atoms with Crippen molar-refractivity contribution in [3.8, 4) is 5.75 Å².